The molecule has 0 aliphatic carbocycles. The van der Waals surface area contributed by atoms with E-state index in [9.17, 15) is 19.5 Å². The molecule has 1 aromatic heterocycles. The van der Waals surface area contributed by atoms with E-state index < -0.39 is 17.9 Å². The molecule has 7 nitrogen and oxygen atoms in total. The molecule has 0 saturated carbocycles. The fourth-order valence-corrected chi connectivity index (χ4v) is 2.30. The number of aromatic nitrogens is 2. The normalized spacial score (nSPS) is 12.3. The van der Waals surface area contributed by atoms with Gasteiger partial charge in [-0.15, -0.1) is 0 Å². The van der Waals surface area contributed by atoms with Crippen LogP contribution in [-0.4, -0.2) is 27.5 Å². The van der Waals surface area contributed by atoms with Crippen molar-refractivity contribution in [3.8, 4) is 0 Å². The molecule has 1 amide bonds. The topological polar surface area (TPSA) is 104 Å². The zero-order valence-electron chi connectivity index (χ0n) is 13.0. The second kappa shape index (κ2) is 7.04. The summed E-state index contributed by atoms with van der Waals surface area (Å²) in [6, 6.07) is 5.73. The van der Waals surface area contributed by atoms with Crippen LogP contribution >= 0.6 is 0 Å². The lowest BCUT2D eigenvalue weighted by Gasteiger charge is -2.21. The summed E-state index contributed by atoms with van der Waals surface area (Å²) in [6.45, 7) is 3.40. The van der Waals surface area contributed by atoms with Gasteiger partial charge in [-0.05, 0) is 24.5 Å². The molecule has 122 valence electrons. The number of para-hydroxylation sites is 1. The van der Waals surface area contributed by atoms with Gasteiger partial charge in [0.2, 0.25) is 5.91 Å². The van der Waals surface area contributed by atoms with E-state index in [0.29, 0.717) is 10.9 Å². The standard InChI is InChI=1S/C16H19N3O4/c1-10(2)7-13(16(22)23)18-14(20)8-19-9-17-12-6-4-3-5-11(12)15(19)21/h3-6,9-10,13H,7-8H2,1-2H3,(H,18,20)(H,22,23)/p-1/t13-/m0/s1. The highest BCUT2D eigenvalue weighted by molar-refractivity contribution is 5.83. The fraction of sp³-hybridized carbons (Fsp3) is 0.375. The number of rotatable bonds is 6. The summed E-state index contributed by atoms with van der Waals surface area (Å²) in [5.74, 6) is -1.82. The molecule has 0 fully saturated rings. The third-order valence-electron chi connectivity index (χ3n) is 3.37. The van der Waals surface area contributed by atoms with Crippen molar-refractivity contribution in [2.75, 3.05) is 0 Å². The SMILES string of the molecule is CC(C)C[C@H](NC(=O)Cn1cnc2ccccc2c1=O)C(=O)[O-]. The van der Waals surface area contributed by atoms with Crippen LogP contribution < -0.4 is 16.0 Å². The summed E-state index contributed by atoms with van der Waals surface area (Å²) in [5, 5.41) is 13.8. The molecule has 0 bridgehead atoms. The Kier molecular flexibility index (Phi) is 5.10. The van der Waals surface area contributed by atoms with Crippen LogP contribution in [0.2, 0.25) is 0 Å². The van der Waals surface area contributed by atoms with E-state index in [1.54, 1.807) is 24.3 Å². The first-order valence-electron chi connectivity index (χ1n) is 7.33. The minimum atomic E-state index is -1.34. The average Bonchev–Trinajstić information content (AvgIpc) is 2.49. The summed E-state index contributed by atoms with van der Waals surface area (Å²) in [7, 11) is 0. The molecular formula is C16H18N3O4-. The van der Waals surface area contributed by atoms with Crippen molar-refractivity contribution in [1.29, 1.82) is 0 Å². The van der Waals surface area contributed by atoms with E-state index in [1.165, 1.54) is 6.33 Å². The average molecular weight is 316 g/mol. The predicted molar refractivity (Wildman–Crippen MR) is 82.4 cm³/mol. The highest BCUT2D eigenvalue weighted by Crippen LogP contribution is 2.06. The third-order valence-corrected chi connectivity index (χ3v) is 3.37. The van der Waals surface area contributed by atoms with Gasteiger partial charge in [-0.2, -0.15) is 0 Å². The lowest BCUT2D eigenvalue weighted by atomic mass is 10.0. The van der Waals surface area contributed by atoms with Crippen LogP contribution in [0.15, 0.2) is 35.4 Å². The van der Waals surface area contributed by atoms with Crippen LogP contribution in [0.1, 0.15) is 20.3 Å². The van der Waals surface area contributed by atoms with Crippen molar-refractivity contribution in [2.45, 2.75) is 32.9 Å². The molecule has 1 atom stereocenters. The van der Waals surface area contributed by atoms with E-state index in [0.717, 1.165) is 4.57 Å². The van der Waals surface area contributed by atoms with Gasteiger partial charge >= 0.3 is 0 Å². The van der Waals surface area contributed by atoms with Crippen molar-refractivity contribution >= 4 is 22.8 Å². The van der Waals surface area contributed by atoms with E-state index in [2.05, 4.69) is 10.3 Å². The maximum Gasteiger partial charge on any atom is 0.261 e. The van der Waals surface area contributed by atoms with E-state index in [-0.39, 0.29) is 24.4 Å². The Balaban J connectivity index is 2.15. The van der Waals surface area contributed by atoms with Crippen molar-refractivity contribution in [3.05, 3.63) is 40.9 Å². The van der Waals surface area contributed by atoms with Crippen molar-refractivity contribution in [1.82, 2.24) is 14.9 Å². The van der Waals surface area contributed by atoms with Crippen molar-refractivity contribution < 1.29 is 14.7 Å². The number of carboxylic acid groups (broad SMARTS) is 1. The lowest BCUT2D eigenvalue weighted by molar-refractivity contribution is -0.308. The number of hydrogen-bond donors (Lipinski definition) is 1. The first kappa shape index (κ1) is 16.7. The van der Waals surface area contributed by atoms with Gasteiger partial charge in [0.25, 0.3) is 5.56 Å². The highest BCUT2D eigenvalue weighted by Gasteiger charge is 2.16. The molecule has 23 heavy (non-hydrogen) atoms. The van der Waals surface area contributed by atoms with Crippen LogP contribution in [0.5, 0.6) is 0 Å². The molecule has 0 saturated heterocycles. The lowest BCUT2D eigenvalue weighted by Crippen LogP contribution is -2.49. The molecule has 1 N–H and O–H groups in total. The Bertz CT molecular complexity index is 782. The summed E-state index contributed by atoms with van der Waals surface area (Å²) in [4.78, 5) is 39.5. The molecule has 1 heterocycles. The molecule has 2 rings (SSSR count). The number of nitrogens with one attached hydrogen (secondary N) is 1. The Labute approximate surface area is 133 Å². The van der Waals surface area contributed by atoms with Gasteiger partial charge in [0, 0.05) is 0 Å². The monoisotopic (exact) mass is 316 g/mol. The number of amides is 1. The number of fused-ring (bicyclic) bond motifs is 1. The maximum atomic E-state index is 12.3. The van der Waals surface area contributed by atoms with E-state index in [1.807, 2.05) is 13.8 Å². The summed E-state index contributed by atoms with van der Waals surface area (Å²) < 4.78 is 1.15. The van der Waals surface area contributed by atoms with Crippen LogP contribution in [0.25, 0.3) is 10.9 Å². The third kappa shape index (κ3) is 4.15. The number of benzene rings is 1. The van der Waals surface area contributed by atoms with Gasteiger partial charge in [-0.3, -0.25) is 14.2 Å². The number of carbonyl (C=O) groups excluding carboxylic acids is 2. The predicted octanol–water partition coefficient (Wildman–Crippen LogP) is -0.323. The number of hydrogen-bond acceptors (Lipinski definition) is 5. The van der Waals surface area contributed by atoms with Crippen molar-refractivity contribution in [2.24, 2.45) is 5.92 Å². The second-order valence-corrected chi connectivity index (χ2v) is 5.76. The molecule has 1 aromatic carbocycles. The van der Waals surface area contributed by atoms with Gasteiger partial charge in [0.1, 0.15) is 6.54 Å². The van der Waals surface area contributed by atoms with Gasteiger partial charge in [0.05, 0.1) is 29.2 Å². The second-order valence-electron chi connectivity index (χ2n) is 5.76. The van der Waals surface area contributed by atoms with Crippen LogP contribution in [0, 0.1) is 5.92 Å². The number of carboxylic acids is 1. The zero-order chi connectivity index (χ0) is 17.0. The first-order valence-corrected chi connectivity index (χ1v) is 7.33. The quantitative estimate of drug-likeness (QED) is 0.786. The summed E-state index contributed by atoms with van der Waals surface area (Å²) in [5.41, 5.74) is 0.196. The Morgan fingerprint density at radius 1 is 1.30 bits per heavy atom. The van der Waals surface area contributed by atoms with Gasteiger partial charge in [-0.1, -0.05) is 26.0 Å². The van der Waals surface area contributed by atoms with Gasteiger partial charge in [0.15, 0.2) is 0 Å². The van der Waals surface area contributed by atoms with E-state index in [4.69, 9.17) is 0 Å². The molecule has 0 unspecified atom stereocenters. The maximum absolute atomic E-state index is 12.3. The van der Waals surface area contributed by atoms with Crippen LogP contribution in [-0.2, 0) is 16.1 Å². The minimum absolute atomic E-state index is 0.0864. The molecule has 0 radical (unpaired) electrons. The highest BCUT2D eigenvalue weighted by atomic mass is 16.4. The van der Waals surface area contributed by atoms with Crippen LogP contribution in [0.4, 0.5) is 0 Å². The Morgan fingerprint density at radius 2 is 2.00 bits per heavy atom. The first-order chi connectivity index (χ1) is 10.9. The molecule has 0 spiro atoms. The zero-order valence-corrected chi connectivity index (χ0v) is 13.0. The number of aliphatic carboxylic acids is 1. The van der Waals surface area contributed by atoms with Gasteiger partial charge < -0.3 is 15.2 Å². The van der Waals surface area contributed by atoms with Gasteiger partial charge in [-0.25, -0.2) is 4.98 Å². The van der Waals surface area contributed by atoms with E-state index >= 15 is 0 Å². The Morgan fingerprint density at radius 3 is 2.65 bits per heavy atom. The van der Waals surface area contributed by atoms with Crippen molar-refractivity contribution in [3.63, 3.8) is 0 Å². The molecule has 0 aliphatic heterocycles. The summed E-state index contributed by atoms with van der Waals surface area (Å²) in [6.07, 6.45) is 1.54. The molecule has 0 aliphatic rings. The van der Waals surface area contributed by atoms with Crippen LogP contribution in [0.3, 0.4) is 0 Å². The number of carbonyl (C=O) groups is 2. The minimum Gasteiger partial charge on any atom is -0.548 e. The molecule has 2 aromatic rings. The summed E-state index contributed by atoms with van der Waals surface area (Å²) >= 11 is 0. The number of nitrogens with zero attached hydrogens (tertiary/aromatic N) is 2. The largest absolute Gasteiger partial charge is 0.548 e. The molecule has 7 heteroatoms. The fourth-order valence-electron chi connectivity index (χ4n) is 2.30. The smallest absolute Gasteiger partial charge is 0.261 e. The molecular weight excluding hydrogens is 298 g/mol. The Hall–Kier alpha value is -2.70.